The van der Waals surface area contributed by atoms with Crippen LogP contribution in [0.1, 0.15) is 20.8 Å². The average molecular weight is 162 g/mol. The Morgan fingerprint density at radius 1 is 1.00 bits per heavy atom. The van der Waals surface area contributed by atoms with Crippen molar-refractivity contribution in [2.45, 2.75) is 20.8 Å². The second kappa shape index (κ2) is 9.42. The second-order valence-electron chi connectivity index (χ2n) is 1.50. The molecular weight excluding hydrogens is 151 g/mol. The molecule has 0 heterocycles. The smallest absolute Gasteiger partial charge is 0 e. The maximum absolute atomic E-state index is 2.08. The van der Waals surface area contributed by atoms with Crippen LogP contribution in [0.4, 0.5) is 0 Å². The van der Waals surface area contributed by atoms with Crippen molar-refractivity contribution in [1.82, 2.24) is 0 Å². The van der Waals surface area contributed by atoms with Crippen LogP contribution in [0.15, 0.2) is 0 Å². The van der Waals surface area contributed by atoms with Crippen molar-refractivity contribution in [3.63, 3.8) is 0 Å². The normalized spacial score (nSPS) is 6.00. The molecule has 0 aromatic heterocycles. The third-order valence-corrected chi connectivity index (χ3v) is 0. The molecule has 0 unspecified atom stereocenters. The SMILES string of the molecule is C[C-](C)C.[NH2-].[Y]. The summed E-state index contributed by atoms with van der Waals surface area (Å²) in [5.74, 6) is 1.42. The third kappa shape index (κ3) is 73.9. The molecule has 0 spiro atoms. The maximum Gasteiger partial charge on any atom is 0 e. The van der Waals surface area contributed by atoms with E-state index in [-0.39, 0.29) is 38.9 Å². The molecule has 0 amide bonds. The topological polar surface area (TPSA) is 33.5 Å². The molecule has 1 radical (unpaired) electrons. The van der Waals surface area contributed by atoms with Gasteiger partial charge in [-0.1, -0.05) is 0 Å². The molecular formula is C4H11NY-2. The molecule has 0 aliphatic rings. The van der Waals surface area contributed by atoms with Gasteiger partial charge in [0.25, 0.3) is 0 Å². The Labute approximate surface area is 65.4 Å². The van der Waals surface area contributed by atoms with Gasteiger partial charge in [0, 0.05) is 32.7 Å². The second-order valence-corrected chi connectivity index (χ2v) is 1.50. The van der Waals surface area contributed by atoms with E-state index >= 15 is 0 Å². The van der Waals surface area contributed by atoms with E-state index in [1.54, 1.807) is 0 Å². The molecule has 0 fully saturated rings. The van der Waals surface area contributed by atoms with Gasteiger partial charge in [0.05, 0.1) is 0 Å². The van der Waals surface area contributed by atoms with Crippen LogP contribution in [0.5, 0.6) is 0 Å². The van der Waals surface area contributed by atoms with Crippen molar-refractivity contribution in [3.05, 3.63) is 12.1 Å². The molecule has 0 aliphatic heterocycles. The third-order valence-electron chi connectivity index (χ3n) is 0. The molecule has 0 aromatic carbocycles. The molecule has 0 rings (SSSR count). The molecule has 2 heteroatoms. The Kier molecular flexibility index (Phi) is 24.7. The van der Waals surface area contributed by atoms with Crippen molar-refractivity contribution in [2.75, 3.05) is 0 Å². The van der Waals surface area contributed by atoms with E-state index in [1.165, 1.54) is 5.92 Å². The molecule has 1 nitrogen and oxygen atoms in total. The number of rotatable bonds is 0. The number of nitrogens with two attached hydrogens (primary N) is 1. The Morgan fingerprint density at radius 3 is 1.00 bits per heavy atom. The van der Waals surface area contributed by atoms with Crippen LogP contribution in [0.2, 0.25) is 0 Å². The summed E-state index contributed by atoms with van der Waals surface area (Å²) in [7, 11) is 0. The first-order valence-electron chi connectivity index (χ1n) is 1.50. The molecule has 0 bridgehead atoms. The fraction of sp³-hybridized carbons (Fsp3) is 0.750. The van der Waals surface area contributed by atoms with Gasteiger partial charge in [0.15, 0.2) is 0 Å². The van der Waals surface area contributed by atoms with Gasteiger partial charge in [0.1, 0.15) is 0 Å². The minimum absolute atomic E-state index is 0. The van der Waals surface area contributed by atoms with Crippen molar-refractivity contribution in [1.29, 1.82) is 0 Å². The van der Waals surface area contributed by atoms with Crippen LogP contribution >= 0.6 is 0 Å². The van der Waals surface area contributed by atoms with E-state index < -0.39 is 0 Å². The van der Waals surface area contributed by atoms with Crippen LogP contribution in [0.25, 0.3) is 6.15 Å². The largest absolute Gasteiger partial charge is 0.693 e. The van der Waals surface area contributed by atoms with Crippen molar-refractivity contribution < 1.29 is 32.7 Å². The average Bonchev–Trinajstić information content (AvgIpc) is 0.811. The zero-order valence-corrected chi connectivity index (χ0v) is 7.49. The Hall–Kier alpha value is 1.06. The first-order chi connectivity index (χ1) is 1.73. The summed E-state index contributed by atoms with van der Waals surface area (Å²) in [6.45, 7) is 6.25. The Morgan fingerprint density at radius 2 is 1.00 bits per heavy atom. The summed E-state index contributed by atoms with van der Waals surface area (Å²) >= 11 is 0. The van der Waals surface area contributed by atoms with Crippen LogP contribution in [-0.4, -0.2) is 0 Å². The number of hydrogen-bond acceptors (Lipinski definition) is 0. The minimum Gasteiger partial charge on any atom is -0.693 e. The van der Waals surface area contributed by atoms with Crippen LogP contribution < -0.4 is 0 Å². The van der Waals surface area contributed by atoms with Gasteiger partial charge in [0.2, 0.25) is 0 Å². The molecule has 6 heavy (non-hydrogen) atoms. The first kappa shape index (κ1) is 15.7. The monoisotopic (exact) mass is 162 g/mol. The summed E-state index contributed by atoms with van der Waals surface area (Å²) in [6.07, 6.45) is 0. The van der Waals surface area contributed by atoms with Crippen molar-refractivity contribution >= 4 is 0 Å². The molecule has 37 valence electrons. The summed E-state index contributed by atoms with van der Waals surface area (Å²) in [4.78, 5) is 0. The Balaban J connectivity index is -0.0000000450. The summed E-state index contributed by atoms with van der Waals surface area (Å²) in [6, 6.07) is 0. The molecule has 0 saturated heterocycles. The molecule has 0 aromatic rings. The van der Waals surface area contributed by atoms with Gasteiger partial charge in [-0.2, -0.15) is 20.8 Å². The van der Waals surface area contributed by atoms with Gasteiger partial charge in [-0.25, -0.2) is 0 Å². The zero-order valence-electron chi connectivity index (χ0n) is 4.65. The predicted molar refractivity (Wildman–Crippen MR) is 25.5 cm³/mol. The van der Waals surface area contributed by atoms with Crippen molar-refractivity contribution in [2.24, 2.45) is 0 Å². The quantitative estimate of drug-likeness (QED) is 0.490. The molecule has 0 atom stereocenters. The van der Waals surface area contributed by atoms with Crippen LogP contribution in [0, 0.1) is 5.92 Å². The van der Waals surface area contributed by atoms with E-state index in [2.05, 4.69) is 20.8 Å². The molecule has 0 saturated carbocycles. The molecule has 2 N–H and O–H groups in total. The van der Waals surface area contributed by atoms with E-state index in [1.807, 2.05) is 0 Å². The summed E-state index contributed by atoms with van der Waals surface area (Å²) in [5.41, 5.74) is 0. The van der Waals surface area contributed by atoms with E-state index in [0.717, 1.165) is 0 Å². The van der Waals surface area contributed by atoms with Gasteiger partial charge in [-0.15, -0.1) is 0 Å². The van der Waals surface area contributed by atoms with Crippen molar-refractivity contribution in [3.8, 4) is 0 Å². The number of hydrogen-bond donors (Lipinski definition) is 0. The van der Waals surface area contributed by atoms with E-state index in [9.17, 15) is 0 Å². The van der Waals surface area contributed by atoms with Crippen LogP contribution in [0.3, 0.4) is 0 Å². The van der Waals surface area contributed by atoms with E-state index in [4.69, 9.17) is 0 Å². The zero-order chi connectivity index (χ0) is 3.58. The standard InChI is InChI=1S/C4H9.H2N.Y/c1-4(2)3;;/h1-3H3;1H2;/q2*-1;. The fourth-order valence-electron chi connectivity index (χ4n) is 0. The fourth-order valence-corrected chi connectivity index (χ4v) is 0. The van der Waals surface area contributed by atoms with E-state index in [0.29, 0.717) is 0 Å². The van der Waals surface area contributed by atoms with Gasteiger partial charge < -0.3 is 12.1 Å². The first-order valence-corrected chi connectivity index (χ1v) is 1.50. The summed E-state index contributed by atoms with van der Waals surface area (Å²) in [5, 5.41) is 0. The summed E-state index contributed by atoms with van der Waals surface area (Å²) < 4.78 is 0. The van der Waals surface area contributed by atoms with Gasteiger partial charge in [-0.05, 0) is 0 Å². The van der Waals surface area contributed by atoms with Crippen LogP contribution in [-0.2, 0) is 32.7 Å². The molecule has 0 aliphatic carbocycles. The Bertz CT molecular complexity index is 12.3. The van der Waals surface area contributed by atoms with Gasteiger partial charge in [-0.3, -0.25) is 0 Å². The van der Waals surface area contributed by atoms with Gasteiger partial charge >= 0.3 is 0 Å². The predicted octanol–water partition coefficient (Wildman–Crippen LogP) is 2.34. The minimum atomic E-state index is 0. The maximum atomic E-state index is 2.08.